The van der Waals surface area contributed by atoms with Crippen molar-refractivity contribution >= 4 is 6.03 Å². The quantitative estimate of drug-likeness (QED) is 0.699. The van der Waals surface area contributed by atoms with E-state index in [0.29, 0.717) is 18.8 Å². The van der Waals surface area contributed by atoms with E-state index < -0.39 is 0 Å². The van der Waals surface area contributed by atoms with Crippen LogP contribution in [0.2, 0.25) is 0 Å². The fourth-order valence-corrected chi connectivity index (χ4v) is 2.15. The summed E-state index contributed by atoms with van der Waals surface area (Å²) in [5.74, 6) is 0.672. The lowest BCUT2D eigenvalue weighted by Crippen LogP contribution is -2.36. The van der Waals surface area contributed by atoms with Crippen molar-refractivity contribution in [1.82, 2.24) is 10.6 Å². The van der Waals surface area contributed by atoms with Gasteiger partial charge in [0, 0.05) is 18.7 Å². The molecular weight excluding hydrogens is 292 g/mol. The van der Waals surface area contributed by atoms with Crippen LogP contribution >= 0.6 is 0 Å². The molecule has 2 amide bonds. The number of aliphatic hydroxyl groups excluding tert-OH is 1. The molecule has 5 heteroatoms. The van der Waals surface area contributed by atoms with E-state index in [2.05, 4.69) is 10.6 Å². The lowest BCUT2D eigenvalue weighted by molar-refractivity contribution is 0.200. The third-order valence-corrected chi connectivity index (χ3v) is 3.30. The standard InChI is InChI=1S/C18H22N2O3/c21-12-13-23-17-9-5-4-8-16(17)14-20-18(22)19-11-10-15-6-2-1-3-7-15/h1-9,21H,10-14H2,(H2,19,20,22). The Balaban J connectivity index is 1.74. The minimum absolute atomic E-state index is 0.0399. The number of amides is 2. The molecule has 0 saturated carbocycles. The molecule has 0 saturated heterocycles. The lowest BCUT2D eigenvalue weighted by Gasteiger charge is -2.12. The monoisotopic (exact) mass is 314 g/mol. The molecule has 3 N–H and O–H groups in total. The van der Waals surface area contributed by atoms with Crippen LogP contribution in [0, 0.1) is 0 Å². The predicted molar refractivity (Wildman–Crippen MR) is 89.4 cm³/mol. The number of carbonyl (C=O) groups is 1. The summed E-state index contributed by atoms with van der Waals surface area (Å²) in [6.07, 6.45) is 0.796. The van der Waals surface area contributed by atoms with Gasteiger partial charge in [0.2, 0.25) is 0 Å². The number of carbonyl (C=O) groups excluding carboxylic acids is 1. The first-order valence-electron chi connectivity index (χ1n) is 7.67. The molecule has 2 aromatic rings. The van der Waals surface area contributed by atoms with Gasteiger partial charge in [-0.1, -0.05) is 48.5 Å². The summed E-state index contributed by atoms with van der Waals surface area (Å²) < 4.78 is 5.44. The maximum absolute atomic E-state index is 11.8. The van der Waals surface area contributed by atoms with E-state index in [-0.39, 0.29) is 19.2 Å². The Kier molecular flexibility index (Phi) is 6.94. The molecule has 0 atom stereocenters. The summed E-state index contributed by atoms with van der Waals surface area (Å²) in [7, 11) is 0. The van der Waals surface area contributed by atoms with Gasteiger partial charge in [0.05, 0.1) is 6.61 Å². The first-order valence-corrected chi connectivity index (χ1v) is 7.67. The van der Waals surface area contributed by atoms with Crippen molar-refractivity contribution in [3.05, 3.63) is 65.7 Å². The molecule has 0 aromatic heterocycles. The summed E-state index contributed by atoms with van der Waals surface area (Å²) in [5, 5.41) is 14.5. The molecule has 5 nitrogen and oxygen atoms in total. The molecule has 0 heterocycles. The predicted octanol–water partition coefficient (Wildman–Crippen LogP) is 2.10. The molecule has 0 aliphatic rings. The smallest absolute Gasteiger partial charge is 0.315 e. The normalized spacial score (nSPS) is 10.1. The molecule has 0 radical (unpaired) electrons. The van der Waals surface area contributed by atoms with Gasteiger partial charge in [0.15, 0.2) is 0 Å². The van der Waals surface area contributed by atoms with Gasteiger partial charge < -0.3 is 20.5 Å². The Bertz CT molecular complexity index is 602. The molecule has 0 bridgehead atoms. The lowest BCUT2D eigenvalue weighted by atomic mass is 10.1. The molecule has 2 rings (SSSR count). The van der Waals surface area contributed by atoms with Crippen molar-refractivity contribution < 1.29 is 14.6 Å². The number of rotatable bonds is 8. The minimum Gasteiger partial charge on any atom is -0.491 e. The Morgan fingerprint density at radius 2 is 1.74 bits per heavy atom. The number of ether oxygens (including phenoxy) is 1. The van der Waals surface area contributed by atoms with Crippen LogP contribution in [0.5, 0.6) is 5.75 Å². The highest BCUT2D eigenvalue weighted by atomic mass is 16.5. The Labute approximate surface area is 136 Å². The van der Waals surface area contributed by atoms with E-state index in [4.69, 9.17) is 9.84 Å². The topological polar surface area (TPSA) is 70.6 Å². The number of para-hydroxylation sites is 1. The Morgan fingerprint density at radius 1 is 1.00 bits per heavy atom. The fourth-order valence-electron chi connectivity index (χ4n) is 2.15. The highest BCUT2D eigenvalue weighted by Crippen LogP contribution is 2.17. The number of aliphatic hydroxyl groups is 1. The van der Waals surface area contributed by atoms with Crippen molar-refractivity contribution in [2.24, 2.45) is 0 Å². The number of hydrogen-bond acceptors (Lipinski definition) is 3. The van der Waals surface area contributed by atoms with E-state index in [0.717, 1.165) is 12.0 Å². The highest BCUT2D eigenvalue weighted by Gasteiger charge is 2.05. The van der Waals surface area contributed by atoms with Crippen molar-refractivity contribution in [3.63, 3.8) is 0 Å². The van der Waals surface area contributed by atoms with E-state index in [1.54, 1.807) is 0 Å². The van der Waals surface area contributed by atoms with Crippen LogP contribution in [0.4, 0.5) is 4.79 Å². The average Bonchev–Trinajstić information content (AvgIpc) is 2.60. The summed E-state index contributed by atoms with van der Waals surface area (Å²) in [4.78, 5) is 11.8. The van der Waals surface area contributed by atoms with Crippen LogP contribution in [0.15, 0.2) is 54.6 Å². The van der Waals surface area contributed by atoms with Crippen LogP contribution in [0.3, 0.4) is 0 Å². The summed E-state index contributed by atoms with van der Waals surface area (Å²) in [5.41, 5.74) is 2.06. The van der Waals surface area contributed by atoms with Gasteiger partial charge in [-0.2, -0.15) is 0 Å². The van der Waals surface area contributed by atoms with Crippen molar-refractivity contribution in [2.75, 3.05) is 19.8 Å². The molecule has 23 heavy (non-hydrogen) atoms. The maximum Gasteiger partial charge on any atom is 0.315 e. The zero-order valence-electron chi connectivity index (χ0n) is 13.0. The Hall–Kier alpha value is -2.53. The van der Waals surface area contributed by atoms with Gasteiger partial charge in [-0.05, 0) is 18.1 Å². The van der Waals surface area contributed by atoms with Gasteiger partial charge in [-0.15, -0.1) is 0 Å². The summed E-state index contributed by atoms with van der Waals surface area (Å²) >= 11 is 0. The highest BCUT2D eigenvalue weighted by molar-refractivity contribution is 5.73. The van der Waals surface area contributed by atoms with Gasteiger partial charge in [-0.3, -0.25) is 0 Å². The number of nitrogens with one attached hydrogen (secondary N) is 2. The first kappa shape index (κ1) is 16.8. The minimum atomic E-state index is -0.210. The van der Waals surface area contributed by atoms with Gasteiger partial charge in [-0.25, -0.2) is 4.79 Å². The maximum atomic E-state index is 11.8. The van der Waals surface area contributed by atoms with Crippen molar-refractivity contribution in [1.29, 1.82) is 0 Å². The van der Waals surface area contributed by atoms with Crippen LogP contribution in [0.25, 0.3) is 0 Å². The molecule has 0 unspecified atom stereocenters. The van der Waals surface area contributed by atoms with Crippen LogP contribution in [0.1, 0.15) is 11.1 Å². The molecule has 0 aliphatic heterocycles. The Morgan fingerprint density at radius 3 is 2.52 bits per heavy atom. The zero-order valence-corrected chi connectivity index (χ0v) is 13.0. The fraction of sp³-hybridized carbons (Fsp3) is 0.278. The zero-order chi connectivity index (χ0) is 16.3. The third-order valence-electron chi connectivity index (χ3n) is 3.30. The molecule has 2 aromatic carbocycles. The largest absolute Gasteiger partial charge is 0.491 e. The molecule has 0 aliphatic carbocycles. The van der Waals surface area contributed by atoms with Crippen LogP contribution in [-0.2, 0) is 13.0 Å². The molecule has 122 valence electrons. The van der Waals surface area contributed by atoms with Gasteiger partial charge >= 0.3 is 6.03 Å². The number of urea groups is 1. The second-order valence-electron chi connectivity index (χ2n) is 5.02. The van der Waals surface area contributed by atoms with E-state index >= 15 is 0 Å². The second kappa shape index (κ2) is 9.48. The molecular formula is C18H22N2O3. The van der Waals surface area contributed by atoms with Crippen LogP contribution in [-0.4, -0.2) is 30.9 Å². The first-order chi connectivity index (χ1) is 11.3. The third kappa shape index (κ3) is 6.00. The molecule has 0 fully saturated rings. The molecule has 0 spiro atoms. The number of benzene rings is 2. The van der Waals surface area contributed by atoms with E-state index in [1.165, 1.54) is 5.56 Å². The number of hydrogen-bond donors (Lipinski definition) is 3. The second-order valence-corrected chi connectivity index (χ2v) is 5.02. The van der Waals surface area contributed by atoms with Gasteiger partial charge in [0.25, 0.3) is 0 Å². The average molecular weight is 314 g/mol. The van der Waals surface area contributed by atoms with Crippen molar-refractivity contribution in [2.45, 2.75) is 13.0 Å². The van der Waals surface area contributed by atoms with Gasteiger partial charge in [0.1, 0.15) is 12.4 Å². The van der Waals surface area contributed by atoms with E-state index in [1.807, 2.05) is 54.6 Å². The van der Waals surface area contributed by atoms with Crippen molar-refractivity contribution in [3.8, 4) is 5.75 Å². The summed E-state index contributed by atoms with van der Waals surface area (Å²) in [6, 6.07) is 17.3. The SMILES string of the molecule is O=C(NCCc1ccccc1)NCc1ccccc1OCCO. The van der Waals surface area contributed by atoms with Crippen LogP contribution < -0.4 is 15.4 Å². The van der Waals surface area contributed by atoms with E-state index in [9.17, 15) is 4.79 Å². The summed E-state index contributed by atoms with van der Waals surface area (Å²) in [6.45, 7) is 1.15.